The van der Waals surface area contributed by atoms with E-state index >= 15 is 0 Å². The molecule has 0 unspecified atom stereocenters. The van der Waals surface area contributed by atoms with Crippen LogP contribution in [0.1, 0.15) is 0 Å². The summed E-state index contributed by atoms with van der Waals surface area (Å²) in [6.45, 7) is 0. The average molecular weight is 200 g/mol. The Morgan fingerprint density at radius 1 is 0.500 bits per heavy atom. The predicted molar refractivity (Wildman–Crippen MR) is 8.50 cm³/mol. The monoisotopic (exact) mass is 202 g/mol. The van der Waals surface area contributed by atoms with Crippen molar-refractivity contribution in [3.05, 3.63) is 0 Å². The van der Waals surface area contributed by atoms with Crippen LogP contribution in [0.2, 0.25) is 0 Å². The molecule has 0 N–H and O–H groups in total. The summed E-state index contributed by atoms with van der Waals surface area (Å²) >= 11 is 0. The Bertz CT molecular complexity index is 7.51. The predicted octanol–water partition coefficient (Wildman–Crippen LogP) is -0.859. The van der Waals surface area contributed by atoms with Crippen LogP contribution >= 0.6 is 0 Å². The van der Waals surface area contributed by atoms with Gasteiger partial charge in [-0.25, -0.2) is 0 Å². The van der Waals surface area contributed by atoms with Crippen molar-refractivity contribution in [3.8, 4) is 0 Å². The number of hydrogen-bond acceptors (Lipinski definition) is 0. The summed E-state index contributed by atoms with van der Waals surface area (Å²) in [6.07, 6.45) is 0. The summed E-state index contributed by atoms with van der Waals surface area (Å²) in [5, 5.41) is 0. The molecule has 0 aliphatic carbocycles. The first-order chi connectivity index (χ1) is 0. The van der Waals surface area contributed by atoms with Crippen molar-refractivity contribution in [2.45, 2.75) is 0 Å². The summed E-state index contributed by atoms with van der Waals surface area (Å²) in [4.78, 5) is 0. The molecule has 0 aromatic rings. The Hall–Kier alpha value is 1.79. The Labute approximate surface area is 79.8 Å². The van der Waals surface area contributed by atoms with Crippen LogP contribution in [0.25, 0.3) is 0 Å². The van der Waals surface area contributed by atoms with Gasteiger partial charge in [-0.1, -0.05) is 0 Å². The molecule has 0 aromatic carbocycles. The summed E-state index contributed by atoms with van der Waals surface area (Å²) in [6, 6.07) is 0. The molecule has 0 aliphatic heterocycles. The Balaban J connectivity index is 0. The van der Waals surface area contributed by atoms with Crippen molar-refractivity contribution in [1.29, 1.82) is 0 Å². The van der Waals surface area contributed by atoms with Crippen LogP contribution in [-0.2, 0) is 43.0 Å². The molecule has 0 aromatic heterocycles. The van der Waals surface area contributed by atoms with Gasteiger partial charge in [0, 0.05) is 0 Å². The molecule has 0 radical (unpaired) electrons. The van der Waals surface area contributed by atoms with Gasteiger partial charge in [0.2, 0.25) is 0 Å². The van der Waals surface area contributed by atoms with Gasteiger partial charge in [0.1, 0.15) is 0 Å². The van der Waals surface area contributed by atoms with E-state index in [-0.39, 0.29) is 80.7 Å². The van der Waals surface area contributed by atoms with E-state index in [0.29, 0.717) is 0 Å². The van der Waals surface area contributed by atoms with Gasteiger partial charge in [-0.3, -0.25) is 0 Å². The van der Waals surface area contributed by atoms with Crippen LogP contribution < -0.4 is 0 Å². The SMILES string of the molecule is [Ca+2].[Mo+6].[O-2].[O-2].[O-2].[O-2]. The van der Waals surface area contributed by atoms with E-state index in [4.69, 9.17) is 0 Å². The Morgan fingerprint density at radius 2 is 0.500 bits per heavy atom. The third-order valence-corrected chi connectivity index (χ3v) is 0. The molecule has 0 bridgehead atoms. The smallest absolute Gasteiger partial charge is 2.00 e. The van der Waals surface area contributed by atoms with Crippen LogP contribution in [0, 0.1) is 0 Å². The molecule has 6 heteroatoms. The fourth-order valence-corrected chi connectivity index (χ4v) is 0. The van der Waals surface area contributed by atoms with Crippen molar-refractivity contribution in [1.82, 2.24) is 0 Å². The van der Waals surface area contributed by atoms with Crippen molar-refractivity contribution in [2.75, 3.05) is 0 Å². The van der Waals surface area contributed by atoms with Gasteiger partial charge in [0.25, 0.3) is 0 Å². The zero-order valence-electron chi connectivity index (χ0n) is 2.75. The third-order valence-electron chi connectivity index (χ3n) is 0. The summed E-state index contributed by atoms with van der Waals surface area (Å²) in [5.74, 6) is 0. The zero-order valence-corrected chi connectivity index (χ0v) is 6.96. The average Bonchev–Trinajstić information content (AvgIpc) is 0. The van der Waals surface area contributed by atoms with Gasteiger partial charge >= 0.3 is 58.8 Å². The first kappa shape index (κ1) is 112. The second kappa shape index (κ2) is 71.1. The van der Waals surface area contributed by atoms with E-state index in [0.717, 1.165) is 0 Å². The Morgan fingerprint density at radius 3 is 0.500 bits per heavy atom. The molecule has 0 heterocycles. The van der Waals surface area contributed by atoms with Crippen LogP contribution in [0.5, 0.6) is 0 Å². The quantitative estimate of drug-likeness (QED) is 0.453. The maximum Gasteiger partial charge on any atom is 6.00 e. The molecule has 0 amide bonds. The van der Waals surface area contributed by atoms with Crippen LogP contribution in [-0.4, -0.2) is 37.7 Å². The van der Waals surface area contributed by atoms with Gasteiger partial charge in [0.05, 0.1) is 0 Å². The van der Waals surface area contributed by atoms with Crippen LogP contribution in [0.3, 0.4) is 0 Å². The first-order valence-corrected chi connectivity index (χ1v) is 0. The minimum atomic E-state index is 0. The maximum absolute atomic E-state index is 0. The van der Waals surface area contributed by atoms with E-state index in [1.807, 2.05) is 0 Å². The fourth-order valence-electron chi connectivity index (χ4n) is 0. The Kier molecular flexibility index (Phi) is 1330. The van der Waals surface area contributed by atoms with Crippen molar-refractivity contribution < 1.29 is 43.0 Å². The van der Waals surface area contributed by atoms with E-state index in [1.54, 1.807) is 0 Å². The van der Waals surface area contributed by atoms with Gasteiger partial charge in [-0.05, 0) is 0 Å². The molecule has 0 saturated heterocycles. The van der Waals surface area contributed by atoms with Gasteiger partial charge in [0.15, 0.2) is 0 Å². The topological polar surface area (TPSA) is 114 Å². The molecule has 0 fully saturated rings. The normalized spacial score (nSPS) is 0. The van der Waals surface area contributed by atoms with Crippen molar-refractivity contribution in [2.24, 2.45) is 0 Å². The van der Waals surface area contributed by atoms with Crippen LogP contribution in [0.15, 0.2) is 0 Å². The standard InChI is InChI=1S/Ca.Mo.4O/q+2;+6;4*-2. The summed E-state index contributed by atoms with van der Waals surface area (Å²) in [5.41, 5.74) is 0. The molecule has 0 atom stereocenters. The second-order valence-electron chi connectivity index (χ2n) is 0. The molecule has 0 aliphatic rings. The third kappa shape index (κ3) is 41.5. The fraction of sp³-hybridized carbons (Fsp3) is 0. The van der Waals surface area contributed by atoms with Crippen molar-refractivity contribution in [3.63, 3.8) is 0 Å². The summed E-state index contributed by atoms with van der Waals surface area (Å²) in [7, 11) is 0. The molecule has 32 valence electrons. The molecule has 4 nitrogen and oxygen atoms in total. The first-order valence-electron chi connectivity index (χ1n) is 0. The van der Waals surface area contributed by atoms with E-state index in [2.05, 4.69) is 0 Å². The molecular weight excluding hydrogens is 200 g/mol. The molecule has 0 rings (SSSR count). The van der Waals surface area contributed by atoms with Gasteiger partial charge in [-0.2, -0.15) is 0 Å². The number of rotatable bonds is 0. The van der Waals surface area contributed by atoms with Crippen LogP contribution in [0.4, 0.5) is 0 Å². The van der Waals surface area contributed by atoms with Gasteiger partial charge in [-0.15, -0.1) is 0 Å². The molecule has 6 heavy (non-hydrogen) atoms. The maximum atomic E-state index is 0. The number of hydrogen-bond donors (Lipinski definition) is 0. The zero-order chi connectivity index (χ0) is 0. The largest absolute Gasteiger partial charge is 6.00 e. The van der Waals surface area contributed by atoms with E-state index in [9.17, 15) is 0 Å². The minimum Gasteiger partial charge on any atom is -2.00 e. The molecular formula is CaMoO4. The van der Waals surface area contributed by atoms with Gasteiger partial charge < -0.3 is 21.9 Å². The molecule has 0 saturated carbocycles. The second-order valence-corrected chi connectivity index (χ2v) is 0. The van der Waals surface area contributed by atoms with E-state index < -0.39 is 0 Å². The van der Waals surface area contributed by atoms with E-state index in [1.165, 1.54) is 0 Å². The molecule has 0 spiro atoms. The minimum absolute atomic E-state index is 0. The summed E-state index contributed by atoms with van der Waals surface area (Å²) < 4.78 is 0. The van der Waals surface area contributed by atoms with Crippen molar-refractivity contribution >= 4 is 37.7 Å².